The number of nitrogens with one attached hydrogen (secondary N) is 1. The van der Waals surface area contributed by atoms with Crippen molar-refractivity contribution in [1.29, 1.82) is 0 Å². The largest absolute Gasteiger partial charge is 0.302 e. The molecule has 1 aromatic heterocycles. The van der Waals surface area contributed by atoms with Crippen LogP contribution in [0.3, 0.4) is 0 Å². The summed E-state index contributed by atoms with van der Waals surface area (Å²) in [5, 5.41) is 6.75. The number of aromatic amines is 1. The standard InChI is InChI=1S/C6H10ClN3OS/c1-2-5-8-9-6(12)10(5)3-4-11-7/h2-4H2,1H3,(H,9,12). The van der Waals surface area contributed by atoms with Crippen LogP contribution in [0.2, 0.25) is 0 Å². The number of aromatic nitrogens is 3. The van der Waals surface area contributed by atoms with Crippen LogP contribution in [0.1, 0.15) is 12.7 Å². The van der Waals surface area contributed by atoms with E-state index in [-0.39, 0.29) is 0 Å². The van der Waals surface area contributed by atoms with Gasteiger partial charge in [0.25, 0.3) is 0 Å². The quantitative estimate of drug-likeness (QED) is 0.764. The van der Waals surface area contributed by atoms with Crippen LogP contribution in [0.25, 0.3) is 0 Å². The zero-order chi connectivity index (χ0) is 8.97. The molecule has 1 N–H and O–H groups in total. The van der Waals surface area contributed by atoms with Crippen LogP contribution in [0.15, 0.2) is 0 Å². The van der Waals surface area contributed by atoms with E-state index in [1.54, 1.807) is 0 Å². The first-order chi connectivity index (χ1) is 5.79. The van der Waals surface area contributed by atoms with Gasteiger partial charge in [0.05, 0.1) is 25.0 Å². The van der Waals surface area contributed by atoms with E-state index in [0.29, 0.717) is 17.9 Å². The van der Waals surface area contributed by atoms with Crippen LogP contribution in [-0.4, -0.2) is 21.4 Å². The smallest absolute Gasteiger partial charge is 0.195 e. The average Bonchev–Trinajstić information content (AvgIpc) is 2.43. The Bertz CT molecular complexity index is 295. The molecule has 0 saturated heterocycles. The zero-order valence-electron chi connectivity index (χ0n) is 6.71. The predicted octanol–water partition coefficient (Wildman–Crippen LogP) is 1.67. The van der Waals surface area contributed by atoms with Gasteiger partial charge < -0.3 is 4.57 Å². The summed E-state index contributed by atoms with van der Waals surface area (Å²) in [5.41, 5.74) is 0. The maximum absolute atomic E-state index is 5.09. The number of aryl methyl sites for hydroxylation is 1. The Morgan fingerprint density at radius 2 is 2.50 bits per heavy atom. The van der Waals surface area contributed by atoms with Crippen molar-refractivity contribution >= 4 is 24.1 Å². The molecular formula is C6H10ClN3OS. The third kappa shape index (κ3) is 2.06. The lowest BCUT2D eigenvalue weighted by atomic mass is 10.4. The fourth-order valence-corrected chi connectivity index (χ4v) is 1.29. The molecule has 1 aromatic rings. The monoisotopic (exact) mass is 207 g/mol. The summed E-state index contributed by atoms with van der Waals surface area (Å²) in [6.07, 6.45) is 0.843. The molecule has 0 aliphatic carbocycles. The lowest BCUT2D eigenvalue weighted by molar-refractivity contribution is 0.324. The molecule has 0 atom stereocenters. The minimum absolute atomic E-state index is 0.433. The Labute approximate surface area is 80.7 Å². The summed E-state index contributed by atoms with van der Waals surface area (Å²) in [6.45, 7) is 3.09. The van der Waals surface area contributed by atoms with Crippen LogP contribution >= 0.6 is 24.1 Å². The summed E-state index contributed by atoms with van der Waals surface area (Å²) >= 11 is 10.1. The molecular weight excluding hydrogens is 198 g/mol. The molecule has 0 radical (unpaired) electrons. The van der Waals surface area contributed by atoms with Gasteiger partial charge in [0, 0.05) is 6.42 Å². The first-order valence-electron chi connectivity index (χ1n) is 3.67. The topological polar surface area (TPSA) is 42.8 Å². The number of hydrogen-bond acceptors (Lipinski definition) is 3. The molecule has 0 fully saturated rings. The van der Waals surface area contributed by atoms with Gasteiger partial charge in [0.1, 0.15) is 5.82 Å². The first-order valence-corrected chi connectivity index (χ1v) is 4.39. The van der Waals surface area contributed by atoms with Crippen molar-refractivity contribution in [3.8, 4) is 0 Å². The first kappa shape index (κ1) is 9.70. The Morgan fingerprint density at radius 3 is 3.08 bits per heavy atom. The van der Waals surface area contributed by atoms with Gasteiger partial charge in [-0.2, -0.15) is 5.10 Å². The Kier molecular flexibility index (Phi) is 3.71. The fraction of sp³-hybridized carbons (Fsp3) is 0.667. The van der Waals surface area contributed by atoms with E-state index in [0.717, 1.165) is 12.2 Å². The number of H-pyrrole nitrogens is 1. The van der Waals surface area contributed by atoms with Crippen molar-refractivity contribution in [1.82, 2.24) is 14.8 Å². The molecule has 1 rings (SSSR count). The van der Waals surface area contributed by atoms with E-state index < -0.39 is 0 Å². The second kappa shape index (κ2) is 4.59. The fourth-order valence-electron chi connectivity index (χ4n) is 0.977. The highest BCUT2D eigenvalue weighted by Crippen LogP contribution is 1.98. The van der Waals surface area contributed by atoms with Gasteiger partial charge in [-0.25, -0.2) is 0 Å². The van der Waals surface area contributed by atoms with Crippen LogP contribution in [0.4, 0.5) is 0 Å². The number of nitrogens with zero attached hydrogens (tertiary/aromatic N) is 2. The second-order valence-corrected chi connectivity index (χ2v) is 2.87. The number of hydrogen-bond donors (Lipinski definition) is 1. The van der Waals surface area contributed by atoms with Crippen LogP contribution in [0.5, 0.6) is 0 Å². The molecule has 0 unspecified atom stereocenters. The molecule has 0 amide bonds. The van der Waals surface area contributed by atoms with Crippen molar-refractivity contribution < 1.29 is 4.29 Å². The molecule has 4 nitrogen and oxygen atoms in total. The van der Waals surface area contributed by atoms with Crippen molar-refractivity contribution in [3.05, 3.63) is 10.6 Å². The molecule has 6 heteroatoms. The Morgan fingerprint density at radius 1 is 1.75 bits per heavy atom. The highest BCUT2D eigenvalue weighted by molar-refractivity contribution is 7.71. The van der Waals surface area contributed by atoms with Gasteiger partial charge in [0.15, 0.2) is 4.77 Å². The van der Waals surface area contributed by atoms with Gasteiger partial charge in [-0.15, -0.1) is 0 Å². The molecule has 1 heterocycles. The van der Waals surface area contributed by atoms with Gasteiger partial charge >= 0.3 is 0 Å². The molecule has 0 spiro atoms. The van der Waals surface area contributed by atoms with Crippen molar-refractivity contribution in [2.24, 2.45) is 0 Å². The second-order valence-electron chi connectivity index (χ2n) is 2.26. The minimum atomic E-state index is 0.433. The van der Waals surface area contributed by atoms with E-state index in [4.69, 9.17) is 24.1 Å². The van der Waals surface area contributed by atoms with Gasteiger partial charge in [-0.05, 0) is 12.2 Å². The number of halogens is 1. The Hall–Kier alpha value is -0.390. The minimum Gasteiger partial charge on any atom is -0.302 e. The summed E-state index contributed by atoms with van der Waals surface area (Å²) in [5.74, 6) is 0.925. The summed E-state index contributed by atoms with van der Waals surface area (Å²) < 4.78 is 6.92. The lowest BCUT2D eigenvalue weighted by Crippen LogP contribution is -2.06. The van der Waals surface area contributed by atoms with Crippen LogP contribution < -0.4 is 0 Å². The van der Waals surface area contributed by atoms with Crippen molar-refractivity contribution in [3.63, 3.8) is 0 Å². The summed E-state index contributed by atoms with van der Waals surface area (Å²) in [6, 6.07) is 0. The zero-order valence-corrected chi connectivity index (χ0v) is 8.28. The van der Waals surface area contributed by atoms with E-state index in [1.165, 1.54) is 0 Å². The lowest BCUT2D eigenvalue weighted by Gasteiger charge is -2.01. The van der Waals surface area contributed by atoms with Crippen molar-refractivity contribution in [2.75, 3.05) is 6.61 Å². The van der Waals surface area contributed by atoms with Crippen molar-refractivity contribution in [2.45, 2.75) is 19.9 Å². The average molecular weight is 208 g/mol. The SMILES string of the molecule is CCc1n[nH]c(=S)n1CCOCl. The van der Waals surface area contributed by atoms with Gasteiger partial charge in [-0.3, -0.25) is 9.39 Å². The highest BCUT2D eigenvalue weighted by Gasteiger charge is 2.02. The van der Waals surface area contributed by atoms with Crippen LogP contribution in [0, 0.1) is 4.77 Å². The van der Waals surface area contributed by atoms with Crippen LogP contribution in [-0.2, 0) is 17.3 Å². The molecule has 0 saturated carbocycles. The summed E-state index contributed by atoms with van der Waals surface area (Å²) in [4.78, 5) is 0. The normalized spacial score (nSPS) is 10.5. The number of rotatable bonds is 4. The summed E-state index contributed by atoms with van der Waals surface area (Å²) in [7, 11) is 0. The Balaban J connectivity index is 2.79. The highest BCUT2D eigenvalue weighted by atomic mass is 35.5. The maximum Gasteiger partial charge on any atom is 0.195 e. The van der Waals surface area contributed by atoms with E-state index in [9.17, 15) is 0 Å². The molecule has 0 aliphatic rings. The predicted molar refractivity (Wildman–Crippen MR) is 48.6 cm³/mol. The van der Waals surface area contributed by atoms with E-state index in [2.05, 4.69) is 14.5 Å². The molecule has 0 aliphatic heterocycles. The third-order valence-corrected chi connectivity index (χ3v) is 2.01. The van der Waals surface area contributed by atoms with Gasteiger partial charge in [-0.1, -0.05) is 6.92 Å². The molecule has 12 heavy (non-hydrogen) atoms. The molecule has 68 valence electrons. The molecule has 0 bridgehead atoms. The van der Waals surface area contributed by atoms with Gasteiger partial charge in [0.2, 0.25) is 0 Å². The third-order valence-electron chi connectivity index (χ3n) is 1.55. The molecule has 0 aromatic carbocycles. The maximum atomic E-state index is 5.09. The van der Waals surface area contributed by atoms with E-state index >= 15 is 0 Å². The van der Waals surface area contributed by atoms with E-state index in [1.807, 2.05) is 11.5 Å².